The van der Waals surface area contributed by atoms with Crippen LogP contribution in [0.3, 0.4) is 0 Å². The summed E-state index contributed by atoms with van der Waals surface area (Å²) in [6.07, 6.45) is 1.42. The van der Waals surface area contributed by atoms with Crippen LogP contribution in [0, 0.1) is 11.3 Å². The van der Waals surface area contributed by atoms with Gasteiger partial charge in [0, 0.05) is 5.69 Å². The standard InChI is InChI=1S/C18H20N4O2S/c1-4-12-6-8-13(9-7-12)20-16(23)11(3)25-18-21-15(5-2)14(10-19)17(24)22-18/h6-9,11H,4-5H2,1-3H3,(H,20,23)(H,21,22,24)/t11-/m0/s1. The minimum atomic E-state index is -0.473. The number of hydrogen-bond donors (Lipinski definition) is 2. The SMILES string of the molecule is CCc1ccc(NC(=O)[C@H](C)Sc2nc(CC)c(C#N)c(=O)[nH]2)cc1. The third-order valence-corrected chi connectivity index (χ3v) is 4.69. The first-order chi connectivity index (χ1) is 12.0. The fourth-order valence-corrected chi connectivity index (χ4v) is 3.03. The summed E-state index contributed by atoms with van der Waals surface area (Å²) in [5.41, 5.74) is 1.92. The smallest absolute Gasteiger partial charge is 0.269 e. The number of rotatable bonds is 6. The van der Waals surface area contributed by atoms with Gasteiger partial charge in [-0.05, 0) is 37.5 Å². The van der Waals surface area contributed by atoms with Crippen molar-refractivity contribution in [2.75, 3.05) is 5.32 Å². The fraction of sp³-hybridized carbons (Fsp3) is 0.333. The Labute approximate surface area is 150 Å². The average molecular weight is 356 g/mol. The molecule has 1 aromatic carbocycles. The zero-order valence-corrected chi connectivity index (χ0v) is 15.2. The highest BCUT2D eigenvalue weighted by atomic mass is 32.2. The first kappa shape index (κ1) is 18.7. The molecule has 0 fully saturated rings. The molecule has 1 heterocycles. The number of anilines is 1. The van der Waals surface area contributed by atoms with E-state index in [1.54, 1.807) is 6.92 Å². The maximum Gasteiger partial charge on any atom is 0.269 e. The van der Waals surface area contributed by atoms with Crippen LogP contribution in [0.15, 0.2) is 34.2 Å². The van der Waals surface area contributed by atoms with E-state index in [1.807, 2.05) is 37.3 Å². The van der Waals surface area contributed by atoms with Crippen LogP contribution in [0.2, 0.25) is 0 Å². The molecule has 2 rings (SSSR count). The van der Waals surface area contributed by atoms with Crippen molar-refractivity contribution in [3.05, 3.63) is 51.4 Å². The average Bonchev–Trinajstić information content (AvgIpc) is 2.61. The summed E-state index contributed by atoms with van der Waals surface area (Å²) in [6, 6.07) is 9.54. The van der Waals surface area contributed by atoms with Gasteiger partial charge in [-0.3, -0.25) is 9.59 Å². The third-order valence-electron chi connectivity index (χ3n) is 3.71. The van der Waals surface area contributed by atoms with Gasteiger partial charge in [0.1, 0.15) is 11.6 Å². The number of H-pyrrole nitrogens is 1. The Bertz CT molecular complexity index is 853. The maximum absolute atomic E-state index is 12.3. The molecule has 1 aromatic heterocycles. The van der Waals surface area contributed by atoms with Gasteiger partial charge in [0.15, 0.2) is 5.16 Å². The fourth-order valence-electron chi connectivity index (χ4n) is 2.21. The van der Waals surface area contributed by atoms with E-state index in [0.717, 1.165) is 23.9 Å². The van der Waals surface area contributed by atoms with Crippen molar-refractivity contribution < 1.29 is 4.79 Å². The van der Waals surface area contributed by atoms with Crippen LogP contribution < -0.4 is 10.9 Å². The van der Waals surface area contributed by atoms with E-state index in [0.29, 0.717) is 17.3 Å². The van der Waals surface area contributed by atoms with E-state index < -0.39 is 10.8 Å². The molecule has 0 aliphatic rings. The highest BCUT2D eigenvalue weighted by Gasteiger charge is 2.18. The van der Waals surface area contributed by atoms with Gasteiger partial charge in [0.25, 0.3) is 5.56 Å². The van der Waals surface area contributed by atoms with E-state index in [-0.39, 0.29) is 11.5 Å². The molecule has 0 saturated carbocycles. The zero-order valence-electron chi connectivity index (χ0n) is 14.4. The molecule has 2 N–H and O–H groups in total. The molecule has 0 spiro atoms. The van der Waals surface area contributed by atoms with Crippen molar-refractivity contribution in [1.29, 1.82) is 5.26 Å². The van der Waals surface area contributed by atoms with Gasteiger partial charge < -0.3 is 10.3 Å². The van der Waals surface area contributed by atoms with E-state index in [9.17, 15) is 9.59 Å². The number of nitriles is 1. The molecule has 0 aliphatic carbocycles. The zero-order chi connectivity index (χ0) is 18.4. The van der Waals surface area contributed by atoms with Gasteiger partial charge in [-0.25, -0.2) is 4.98 Å². The monoisotopic (exact) mass is 356 g/mol. The molecule has 7 heteroatoms. The van der Waals surface area contributed by atoms with Gasteiger partial charge in [0.2, 0.25) is 5.91 Å². The van der Waals surface area contributed by atoms with Crippen molar-refractivity contribution in [2.24, 2.45) is 0 Å². The molecule has 1 atom stereocenters. The summed E-state index contributed by atoms with van der Waals surface area (Å²) in [5, 5.41) is 11.7. The molecule has 0 radical (unpaired) electrons. The summed E-state index contributed by atoms with van der Waals surface area (Å²) in [7, 11) is 0. The number of benzene rings is 1. The molecule has 1 amide bonds. The third kappa shape index (κ3) is 4.70. The second-order valence-electron chi connectivity index (χ2n) is 5.46. The molecular weight excluding hydrogens is 336 g/mol. The predicted octanol–water partition coefficient (Wildman–Crippen LogP) is 2.89. The summed E-state index contributed by atoms with van der Waals surface area (Å²) in [6.45, 7) is 5.64. The summed E-state index contributed by atoms with van der Waals surface area (Å²) in [4.78, 5) is 31.1. The van der Waals surface area contributed by atoms with Crippen LogP contribution in [0.5, 0.6) is 0 Å². The van der Waals surface area contributed by atoms with Crippen molar-refractivity contribution in [3.8, 4) is 6.07 Å². The highest BCUT2D eigenvalue weighted by molar-refractivity contribution is 8.00. The van der Waals surface area contributed by atoms with Gasteiger partial charge in [-0.15, -0.1) is 0 Å². The van der Waals surface area contributed by atoms with Gasteiger partial charge in [-0.1, -0.05) is 37.7 Å². The number of amides is 1. The molecule has 0 saturated heterocycles. The number of aromatic nitrogens is 2. The van der Waals surface area contributed by atoms with E-state index >= 15 is 0 Å². The van der Waals surface area contributed by atoms with E-state index in [2.05, 4.69) is 22.2 Å². The number of nitrogens with zero attached hydrogens (tertiary/aromatic N) is 2. The van der Waals surface area contributed by atoms with Crippen molar-refractivity contribution in [3.63, 3.8) is 0 Å². The van der Waals surface area contributed by atoms with Gasteiger partial charge in [-0.2, -0.15) is 5.26 Å². The summed E-state index contributed by atoms with van der Waals surface area (Å²) in [5.74, 6) is -0.181. The Hall–Kier alpha value is -2.59. The molecule has 6 nitrogen and oxygen atoms in total. The molecule has 0 bridgehead atoms. The largest absolute Gasteiger partial charge is 0.325 e. The number of aromatic amines is 1. The second-order valence-corrected chi connectivity index (χ2v) is 6.79. The number of thioether (sulfide) groups is 1. The van der Waals surface area contributed by atoms with Crippen molar-refractivity contribution in [2.45, 2.75) is 44.0 Å². The summed E-state index contributed by atoms with van der Waals surface area (Å²) < 4.78 is 0. The van der Waals surface area contributed by atoms with Crippen molar-refractivity contribution in [1.82, 2.24) is 9.97 Å². The Morgan fingerprint density at radius 1 is 1.32 bits per heavy atom. The van der Waals surface area contributed by atoms with E-state index in [1.165, 1.54) is 5.56 Å². The number of aryl methyl sites for hydroxylation is 2. The quantitative estimate of drug-likeness (QED) is 0.612. The van der Waals surface area contributed by atoms with Crippen LogP contribution >= 0.6 is 11.8 Å². The Kier molecular flexibility index (Phi) is 6.37. The normalized spacial score (nSPS) is 11.6. The molecule has 0 aliphatic heterocycles. The van der Waals surface area contributed by atoms with Crippen LogP contribution in [-0.2, 0) is 17.6 Å². The van der Waals surface area contributed by atoms with Crippen LogP contribution in [-0.4, -0.2) is 21.1 Å². The lowest BCUT2D eigenvalue weighted by atomic mass is 10.1. The lowest BCUT2D eigenvalue weighted by Gasteiger charge is -2.12. The molecule has 25 heavy (non-hydrogen) atoms. The lowest BCUT2D eigenvalue weighted by molar-refractivity contribution is -0.115. The van der Waals surface area contributed by atoms with Gasteiger partial charge >= 0.3 is 0 Å². The summed E-state index contributed by atoms with van der Waals surface area (Å²) >= 11 is 1.15. The Morgan fingerprint density at radius 2 is 2.00 bits per heavy atom. The lowest BCUT2D eigenvalue weighted by Crippen LogP contribution is -2.24. The number of carbonyl (C=O) groups is 1. The number of hydrogen-bond acceptors (Lipinski definition) is 5. The number of carbonyl (C=O) groups excluding carboxylic acids is 1. The molecular formula is C18H20N4O2S. The topological polar surface area (TPSA) is 98.6 Å². The Balaban J connectivity index is 2.09. The highest BCUT2D eigenvalue weighted by Crippen LogP contribution is 2.21. The minimum Gasteiger partial charge on any atom is -0.325 e. The van der Waals surface area contributed by atoms with Gasteiger partial charge in [0.05, 0.1) is 10.9 Å². The first-order valence-electron chi connectivity index (χ1n) is 8.08. The minimum absolute atomic E-state index is 0.0277. The molecule has 130 valence electrons. The molecule has 2 aromatic rings. The Morgan fingerprint density at radius 3 is 2.56 bits per heavy atom. The van der Waals surface area contributed by atoms with Crippen molar-refractivity contribution >= 4 is 23.4 Å². The first-order valence-corrected chi connectivity index (χ1v) is 8.96. The number of nitrogens with one attached hydrogen (secondary N) is 2. The molecule has 0 unspecified atom stereocenters. The second kappa shape index (κ2) is 8.49. The van der Waals surface area contributed by atoms with Crippen LogP contribution in [0.1, 0.15) is 37.6 Å². The van der Waals surface area contributed by atoms with Crippen LogP contribution in [0.25, 0.3) is 0 Å². The maximum atomic E-state index is 12.3. The van der Waals surface area contributed by atoms with Crippen LogP contribution in [0.4, 0.5) is 5.69 Å². The predicted molar refractivity (Wildman–Crippen MR) is 98.7 cm³/mol. The van der Waals surface area contributed by atoms with E-state index in [4.69, 9.17) is 5.26 Å².